The van der Waals surface area contributed by atoms with E-state index in [0.717, 1.165) is 17.0 Å². The van der Waals surface area contributed by atoms with Crippen molar-refractivity contribution in [2.24, 2.45) is 5.92 Å². The molecule has 1 fully saturated rings. The zero-order chi connectivity index (χ0) is 25.5. The normalized spacial score (nSPS) is 14.9. The monoisotopic (exact) mass is 487 g/mol. The van der Waals surface area contributed by atoms with Crippen LogP contribution in [0.25, 0.3) is 0 Å². The van der Waals surface area contributed by atoms with E-state index in [9.17, 15) is 14.4 Å². The lowest BCUT2D eigenvalue weighted by Gasteiger charge is -2.18. The van der Waals surface area contributed by atoms with Crippen LogP contribution in [0.3, 0.4) is 0 Å². The van der Waals surface area contributed by atoms with Crippen molar-refractivity contribution in [1.29, 1.82) is 0 Å². The van der Waals surface area contributed by atoms with Crippen LogP contribution in [0.15, 0.2) is 72.8 Å². The number of hydrogen-bond donors (Lipinski definition) is 2. The number of hydrogen-bond acceptors (Lipinski definition) is 5. The van der Waals surface area contributed by atoms with Crippen molar-refractivity contribution in [2.75, 3.05) is 30.5 Å². The minimum absolute atomic E-state index is 0.100. The summed E-state index contributed by atoms with van der Waals surface area (Å²) in [6, 6.07) is 21.5. The van der Waals surface area contributed by atoms with Gasteiger partial charge >= 0.3 is 0 Å². The van der Waals surface area contributed by atoms with Crippen LogP contribution < -0.4 is 25.0 Å². The zero-order valence-electron chi connectivity index (χ0n) is 20.3. The highest BCUT2D eigenvalue weighted by Crippen LogP contribution is 2.28. The number of para-hydroxylation sites is 1. The molecule has 0 aliphatic carbocycles. The van der Waals surface area contributed by atoms with Crippen molar-refractivity contribution < 1.29 is 23.9 Å². The van der Waals surface area contributed by atoms with E-state index in [1.807, 2.05) is 43.3 Å². The summed E-state index contributed by atoms with van der Waals surface area (Å²) < 4.78 is 10.7. The Morgan fingerprint density at radius 2 is 1.78 bits per heavy atom. The van der Waals surface area contributed by atoms with E-state index in [1.54, 1.807) is 48.4 Å². The number of benzene rings is 3. The van der Waals surface area contributed by atoms with Gasteiger partial charge in [-0.05, 0) is 61.0 Å². The van der Waals surface area contributed by atoms with Crippen molar-refractivity contribution >= 4 is 29.1 Å². The molecule has 8 nitrogen and oxygen atoms in total. The van der Waals surface area contributed by atoms with Crippen LogP contribution in [0.4, 0.5) is 11.4 Å². The van der Waals surface area contributed by atoms with Crippen molar-refractivity contribution in [3.8, 4) is 11.5 Å². The molecule has 3 aromatic rings. The summed E-state index contributed by atoms with van der Waals surface area (Å²) in [6.45, 7) is 3.05. The van der Waals surface area contributed by atoms with E-state index < -0.39 is 5.92 Å². The maximum Gasteiger partial charge on any atom is 0.253 e. The van der Waals surface area contributed by atoms with Gasteiger partial charge in [0.1, 0.15) is 11.5 Å². The molecule has 8 heteroatoms. The van der Waals surface area contributed by atoms with E-state index in [2.05, 4.69) is 10.6 Å². The predicted molar refractivity (Wildman–Crippen MR) is 137 cm³/mol. The number of carbonyl (C=O) groups is 3. The van der Waals surface area contributed by atoms with Gasteiger partial charge in [-0.1, -0.05) is 24.3 Å². The molecular formula is C28H29N3O5. The molecule has 1 heterocycles. The fraction of sp³-hybridized carbons (Fsp3) is 0.250. The Morgan fingerprint density at radius 1 is 1.00 bits per heavy atom. The second kappa shape index (κ2) is 11.4. The molecule has 1 aliphatic rings. The van der Waals surface area contributed by atoms with Crippen LogP contribution in [0.5, 0.6) is 11.5 Å². The first-order valence-corrected chi connectivity index (χ1v) is 11.8. The molecule has 0 bridgehead atoms. The highest BCUT2D eigenvalue weighted by molar-refractivity contribution is 6.07. The highest BCUT2D eigenvalue weighted by Gasteiger charge is 2.35. The van der Waals surface area contributed by atoms with Gasteiger partial charge in [0.25, 0.3) is 5.91 Å². The predicted octanol–water partition coefficient (Wildman–Crippen LogP) is 4.02. The average molecular weight is 488 g/mol. The van der Waals surface area contributed by atoms with Crippen LogP contribution in [-0.2, 0) is 16.1 Å². The summed E-state index contributed by atoms with van der Waals surface area (Å²) in [4.78, 5) is 40.2. The lowest BCUT2D eigenvalue weighted by atomic mass is 10.1. The Balaban J connectivity index is 1.39. The molecule has 0 aromatic heterocycles. The molecule has 0 saturated carbocycles. The van der Waals surface area contributed by atoms with Crippen molar-refractivity contribution in [2.45, 2.75) is 19.9 Å². The number of carbonyl (C=O) groups excluding carboxylic acids is 3. The third kappa shape index (κ3) is 5.83. The molecule has 2 N–H and O–H groups in total. The van der Waals surface area contributed by atoms with Gasteiger partial charge in [-0.3, -0.25) is 14.4 Å². The number of nitrogens with one attached hydrogen (secondary N) is 2. The van der Waals surface area contributed by atoms with E-state index >= 15 is 0 Å². The van der Waals surface area contributed by atoms with Crippen molar-refractivity contribution in [3.63, 3.8) is 0 Å². The Labute approximate surface area is 210 Å². The first-order valence-electron chi connectivity index (χ1n) is 11.8. The number of ether oxygens (including phenoxy) is 2. The Kier molecular flexibility index (Phi) is 7.85. The first-order chi connectivity index (χ1) is 17.5. The summed E-state index contributed by atoms with van der Waals surface area (Å²) >= 11 is 0. The van der Waals surface area contributed by atoms with E-state index in [-0.39, 0.29) is 30.7 Å². The fourth-order valence-electron chi connectivity index (χ4n) is 4.11. The van der Waals surface area contributed by atoms with Crippen molar-refractivity contribution in [3.05, 3.63) is 83.9 Å². The van der Waals surface area contributed by atoms with E-state index in [4.69, 9.17) is 9.47 Å². The molecule has 186 valence electrons. The quantitative estimate of drug-likeness (QED) is 0.475. The molecule has 1 aliphatic heterocycles. The summed E-state index contributed by atoms with van der Waals surface area (Å²) in [5, 5.41) is 5.73. The molecule has 1 saturated heterocycles. The minimum atomic E-state index is -0.531. The SMILES string of the molecule is CCOc1ccc(N2C[C@@H](C(=O)Nc3ccccc3C(=O)NCc3cccc(OC)c3)CC2=O)cc1. The van der Waals surface area contributed by atoms with E-state index in [1.165, 1.54) is 0 Å². The smallest absolute Gasteiger partial charge is 0.253 e. The maximum absolute atomic E-state index is 13.0. The molecule has 0 unspecified atom stereocenters. The van der Waals surface area contributed by atoms with Gasteiger partial charge in [-0.25, -0.2) is 0 Å². The third-order valence-electron chi connectivity index (χ3n) is 5.97. The van der Waals surface area contributed by atoms with Crippen molar-refractivity contribution in [1.82, 2.24) is 5.32 Å². The van der Waals surface area contributed by atoms with Crippen LogP contribution in [0.1, 0.15) is 29.3 Å². The molecule has 3 amide bonds. The van der Waals surface area contributed by atoms with Crippen LogP contribution in [-0.4, -0.2) is 38.0 Å². The van der Waals surface area contributed by atoms with Crippen LogP contribution >= 0.6 is 0 Å². The summed E-state index contributed by atoms with van der Waals surface area (Å²) in [5.41, 5.74) is 2.36. The summed E-state index contributed by atoms with van der Waals surface area (Å²) in [7, 11) is 1.59. The summed E-state index contributed by atoms with van der Waals surface area (Å²) in [5.74, 6) is 0.168. The molecular weight excluding hydrogens is 458 g/mol. The number of rotatable bonds is 9. The molecule has 36 heavy (non-hydrogen) atoms. The molecule has 1 atom stereocenters. The topological polar surface area (TPSA) is 97.0 Å². The average Bonchev–Trinajstić information content (AvgIpc) is 3.30. The maximum atomic E-state index is 13.0. The van der Waals surface area contributed by atoms with Gasteiger partial charge in [0.05, 0.1) is 30.9 Å². The Bertz CT molecular complexity index is 1240. The van der Waals surface area contributed by atoms with Gasteiger partial charge < -0.3 is 25.0 Å². The van der Waals surface area contributed by atoms with Gasteiger partial charge in [-0.2, -0.15) is 0 Å². The van der Waals surface area contributed by atoms with Crippen LogP contribution in [0, 0.1) is 5.92 Å². The number of anilines is 2. The first kappa shape index (κ1) is 24.8. The van der Waals surface area contributed by atoms with Gasteiger partial charge in [0, 0.05) is 25.2 Å². The minimum Gasteiger partial charge on any atom is -0.497 e. The fourth-order valence-corrected chi connectivity index (χ4v) is 4.11. The second-order valence-electron chi connectivity index (χ2n) is 8.40. The van der Waals surface area contributed by atoms with E-state index in [0.29, 0.717) is 30.2 Å². The molecule has 4 rings (SSSR count). The van der Waals surface area contributed by atoms with Gasteiger partial charge in [0.2, 0.25) is 11.8 Å². The van der Waals surface area contributed by atoms with Gasteiger partial charge in [0.15, 0.2) is 0 Å². The zero-order valence-corrected chi connectivity index (χ0v) is 20.3. The second-order valence-corrected chi connectivity index (χ2v) is 8.40. The Hall–Kier alpha value is -4.33. The lowest BCUT2D eigenvalue weighted by Crippen LogP contribution is -2.29. The van der Waals surface area contributed by atoms with Crippen LogP contribution in [0.2, 0.25) is 0 Å². The summed E-state index contributed by atoms with van der Waals surface area (Å²) in [6.07, 6.45) is 0.100. The molecule has 0 radical (unpaired) electrons. The molecule has 3 aromatic carbocycles. The number of amides is 3. The number of methoxy groups -OCH3 is 1. The van der Waals surface area contributed by atoms with Gasteiger partial charge in [-0.15, -0.1) is 0 Å². The Morgan fingerprint density at radius 3 is 2.53 bits per heavy atom. The number of nitrogens with zero attached hydrogens (tertiary/aromatic N) is 1. The standard InChI is InChI=1S/C28H29N3O5/c1-3-36-22-13-11-21(12-14-22)31-18-20(16-26(31)32)27(33)30-25-10-5-4-9-24(25)28(34)29-17-19-7-6-8-23(15-19)35-2/h4-15,20H,3,16-18H2,1-2H3,(H,29,34)(H,30,33)/t20-/m0/s1. The molecule has 0 spiro atoms. The third-order valence-corrected chi connectivity index (χ3v) is 5.97. The lowest BCUT2D eigenvalue weighted by molar-refractivity contribution is -0.122. The largest absolute Gasteiger partial charge is 0.497 e. The highest BCUT2D eigenvalue weighted by atomic mass is 16.5.